The van der Waals surface area contributed by atoms with Crippen LogP contribution in [0.5, 0.6) is 0 Å². The molecular formula is C20H31N7O4. The second kappa shape index (κ2) is 11.8. The predicted molar refractivity (Wildman–Crippen MR) is 118 cm³/mol. The van der Waals surface area contributed by atoms with Crippen LogP contribution in [0.3, 0.4) is 0 Å². The first-order chi connectivity index (χ1) is 14.7. The van der Waals surface area contributed by atoms with Gasteiger partial charge in [-0.05, 0) is 44.7 Å². The Morgan fingerprint density at radius 1 is 1.29 bits per heavy atom. The van der Waals surface area contributed by atoms with Crippen LogP contribution >= 0.6 is 0 Å². The Balaban J connectivity index is 1.62. The number of benzene rings is 1. The van der Waals surface area contributed by atoms with Gasteiger partial charge in [-0.3, -0.25) is 9.59 Å². The molecule has 0 spiro atoms. The van der Waals surface area contributed by atoms with Gasteiger partial charge in [0.25, 0.3) is 5.96 Å². The Bertz CT molecular complexity index is 828. The first-order valence-corrected chi connectivity index (χ1v) is 10.4. The van der Waals surface area contributed by atoms with Gasteiger partial charge in [-0.25, -0.2) is 10.1 Å². The Morgan fingerprint density at radius 3 is 2.77 bits per heavy atom. The van der Waals surface area contributed by atoms with E-state index in [2.05, 4.69) is 26.4 Å². The molecule has 2 unspecified atom stereocenters. The fourth-order valence-corrected chi connectivity index (χ4v) is 3.45. The van der Waals surface area contributed by atoms with Crippen LogP contribution in [0.1, 0.15) is 43.2 Å². The lowest BCUT2D eigenvalue weighted by Gasteiger charge is -2.14. The number of hydrogen-bond donors (Lipinski definition) is 5. The summed E-state index contributed by atoms with van der Waals surface area (Å²) < 4.78 is 0. The highest BCUT2D eigenvalue weighted by atomic mass is 16.7. The molecule has 0 aliphatic carbocycles. The van der Waals surface area contributed by atoms with E-state index >= 15 is 0 Å². The van der Waals surface area contributed by atoms with Crippen molar-refractivity contribution in [2.45, 2.75) is 58.0 Å². The summed E-state index contributed by atoms with van der Waals surface area (Å²) in [7, 11) is 0. The van der Waals surface area contributed by atoms with Gasteiger partial charge in [0.15, 0.2) is 5.03 Å². The molecule has 0 radical (unpaired) electrons. The predicted octanol–water partition coefficient (Wildman–Crippen LogP) is 0.745. The highest BCUT2D eigenvalue weighted by Crippen LogP contribution is 2.17. The first kappa shape index (κ1) is 24.1. The largest absolute Gasteiger partial charge is 0.365 e. The van der Waals surface area contributed by atoms with Crippen LogP contribution in [-0.4, -0.2) is 48.0 Å². The number of guanidine groups is 1. The number of aryl methyl sites for hydroxylation is 2. The van der Waals surface area contributed by atoms with Crippen LogP contribution in [0.4, 0.5) is 5.69 Å². The van der Waals surface area contributed by atoms with Crippen molar-refractivity contribution >= 4 is 23.5 Å². The first-order valence-electron chi connectivity index (χ1n) is 10.4. The summed E-state index contributed by atoms with van der Waals surface area (Å²) in [5.41, 5.74) is 8.27. The maximum Gasteiger partial charge on any atom is 0.266 e. The maximum atomic E-state index is 12.5. The lowest BCUT2D eigenvalue weighted by Crippen LogP contribution is -2.36. The van der Waals surface area contributed by atoms with E-state index in [-0.39, 0.29) is 29.9 Å². The standard InChI is InChI=1S/C20H31N7O4/c1-13-7-8-16(14(2)10-13)25-19(29)17-11-15(12-23-17)24-18(28)6-4-3-5-9-22-20(21)26-27(30)31/h7-8,10,15,17,23H,3-6,9,11-12H2,1-2H3,(H,24,28)(H,25,29)(H3,21,22,26). The summed E-state index contributed by atoms with van der Waals surface area (Å²) in [6, 6.07) is 5.45. The molecule has 11 heteroatoms. The van der Waals surface area contributed by atoms with Crippen molar-refractivity contribution in [1.82, 2.24) is 16.0 Å². The zero-order chi connectivity index (χ0) is 22.8. The molecule has 0 bridgehead atoms. The average Bonchev–Trinajstić information content (AvgIpc) is 3.14. The number of unbranched alkanes of at least 4 members (excludes halogenated alkanes) is 2. The molecule has 170 valence electrons. The van der Waals surface area contributed by atoms with Crippen molar-refractivity contribution in [3.8, 4) is 0 Å². The van der Waals surface area contributed by atoms with Gasteiger partial charge in [0.05, 0.1) is 6.04 Å². The van der Waals surface area contributed by atoms with Crippen LogP contribution in [-0.2, 0) is 9.59 Å². The zero-order valence-corrected chi connectivity index (χ0v) is 17.9. The van der Waals surface area contributed by atoms with Gasteiger partial charge >= 0.3 is 0 Å². The van der Waals surface area contributed by atoms with E-state index in [1.807, 2.05) is 32.0 Å². The zero-order valence-electron chi connectivity index (χ0n) is 17.9. The number of hydrogen-bond acceptors (Lipinski definition) is 5. The van der Waals surface area contributed by atoms with Crippen molar-refractivity contribution in [2.24, 2.45) is 10.8 Å². The number of hydrazone groups is 1. The molecule has 2 atom stereocenters. The molecular weight excluding hydrogens is 402 g/mol. The summed E-state index contributed by atoms with van der Waals surface area (Å²) in [5.74, 6) is -0.381. The maximum absolute atomic E-state index is 12.5. The van der Waals surface area contributed by atoms with Crippen LogP contribution < -0.4 is 27.0 Å². The van der Waals surface area contributed by atoms with Gasteiger partial charge in [-0.15, -0.1) is 0 Å². The lowest BCUT2D eigenvalue weighted by atomic mass is 10.1. The normalized spacial score (nSPS) is 18.5. The summed E-state index contributed by atoms with van der Waals surface area (Å²) >= 11 is 0. The molecule has 0 saturated carbocycles. The number of nitrogens with two attached hydrogens (primary N) is 1. The van der Waals surface area contributed by atoms with Gasteiger partial charge in [-0.1, -0.05) is 24.1 Å². The van der Waals surface area contributed by atoms with E-state index in [9.17, 15) is 19.7 Å². The van der Waals surface area contributed by atoms with Gasteiger partial charge in [0.1, 0.15) is 5.10 Å². The summed E-state index contributed by atoms with van der Waals surface area (Å²) in [6.07, 6.45) is 3.11. The molecule has 1 fully saturated rings. The van der Waals surface area contributed by atoms with Crippen molar-refractivity contribution < 1.29 is 14.6 Å². The fourth-order valence-electron chi connectivity index (χ4n) is 3.45. The van der Waals surface area contributed by atoms with Crippen molar-refractivity contribution in [2.75, 3.05) is 18.4 Å². The van der Waals surface area contributed by atoms with Crippen LogP contribution in [0.15, 0.2) is 23.3 Å². The Morgan fingerprint density at radius 2 is 2.06 bits per heavy atom. The van der Waals surface area contributed by atoms with E-state index in [1.165, 1.54) is 0 Å². The van der Waals surface area contributed by atoms with Gasteiger partial charge in [0, 0.05) is 31.2 Å². The molecule has 1 heterocycles. The number of rotatable bonds is 10. The van der Waals surface area contributed by atoms with E-state index in [0.29, 0.717) is 38.8 Å². The van der Waals surface area contributed by atoms with E-state index in [1.54, 1.807) is 0 Å². The number of nitrogens with one attached hydrogen (secondary N) is 4. The SMILES string of the molecule is Cc1ccc(NC(=O)C2CC(NC(=O)CCCCCN/C(N)=N/[N+](=O)[O-])CN2)c(C)c1. The number of nitro groups is 1. The van der Waals surface area contributed by atoms with Gasteiger partial charge < -0.3 is 27.0 Å². The molecule has 1 aliphatic heterocycles. The molecule has 1 saturated heterocycles. The molecule has 31 heavy (non-hydrogen) atoms. The third-order valence-electron chi connectivity index (χ3n) is 5.03. The third-order valence-corrected chi connectivity index (χ3v) is 5.03. The number of anilines is 1. The second-order valence-corrected chi connectivity index (χ2v) is 7.73. The minimum Gasteiger partial charge on any atom is -0.365 e. The molecule has 2 rings (SSSR count). The minimum absolute atomic E-state index is 0.0513. The van der Waals surface area contributed by atoms with Gasteiger partial charge in [0.2, 0.25) is 11.8 Å². The monoisotopic (exact) mass is 433 g/mol. The summed E-state index contributed by atoms with van der Waals surface area (Å²) in [6.45, 7) is 4.97. The van der Waals surface area contributed by atoms with Gasteiger partial charge in [-0.2, -0.15) is 0 Å². The second-order valence-electron chi connectivity index (χ2n) is 7.73. The van der Waals surface area contributed by atoms with E-state index in [0.717, 1.165) is 23.2 Å². The summed E-state index contributed by atoms with van der Waals surface area (Å²) in [4.78, 5) is 34.8. The summed E-state index contributed by atoms with van der Waals surface area (Å²) in [5, 5.41) is 24.0. The lowest BCUT2D eigenvalue weighted by molar-refractivity contribution is -0.485. The molecule has 6 N–H and O–H groups in total. The Hall–Kier alpha value is -3.21. The van der Waals surface area contributed by atoms with Crippen LogP contribution in [0.2, 0.25) is 0 Å². The van der Waals surface area contributed by atoms with E-state index in [4.69, 9.17) is 5.73 Å². The number of amides is 2. The third kappa shape index (κ3) is 8.59. The van der Waals surface area contributed by atoms with Crippen LogP contribution in [0, 0.1) is 24.0 Å². The Labute approximate surface area is 181 Å². The highest BCUT2D eigenvalue weighted by molar-refractivity contribution is 5.95. The Kier molecular flexibility index (Phi) is 9.19. The fraction of sp³-hybridized carbons (Fsp3) is 0.550. The highest BCUT2D eigenvalue weighted by Gasteiger charge is 2.30. The van der Waals surface area contributed by atoms with Crippen LogP contribution in [0.25, 0.3) is 0 Å². The van der Waals surface area contributed by atoms with E-state index < -0.39 is 5.03 Å². The molecule has 11 nitrogen and oxygen atoms in total. The average molecular weight is 434 g/mol. The van der Waals surface area contributed by atoms with Crippen molar-refractivity contribution in [3.63, 3.8) is 0 Å². The molecule has 2 amide bonds. The van der Waals surface area contributed by atoms with Crippen molar-refractivity contribution in [3.05, 3.63) is 39.4 Å². The number of carbonyl (C=O) groups is 2. The molecule has 1 aliphatic rings. The quantitative estimate of drug-likeness (QED) is 0.119. The number of carbonyl (C=O) groups excluding carboxylic acids is 2. The molecule has 1 aromatic carbocycles. The molecule has 0 aromatic heterocycles. The number of nitrogens with zero attached hydrogens (tertiary/aromatic N) is 2. The topological polar surface area (TPSA) is 164 Å². The van der Waals surface area contributed by atoms with Crippen molar-refractivity contribution in [1.29, 1.82) is 0 Å². The minimum atomic E-state index is -0.859. The molecule has 1 aromatic rings. The smallest absolute Gasteiger partial charge is 0.266 e.